The first kappa shape index (κ1) is 16.1. The Morgan fingerprint density at radius 3 is 2.50 bits per heavy atom. The third-order valence-corrected chi connectivity index (χ3v) is 4.12. The van der Waals surface area contributed by atoms with E-state index < -0.39 is 0 Å². The first-order chi connectivity index (χ1) is 11.7. The standard InChI is InChI=1S/C20H21NO3/c1-3-24-20(22)19-17(16-6-4-5-7-18(16)21-19)13-10-14-8-11-15(23-2)12-9-14/h4-9,11-12,21H,3,10,13H2,1-2H3. The van der Waals surface area contributed by atoms with Gasteiger partial charge in [-0.2, -0.15) is 0 Å². The van der Waals surface area contributed by atoms with Crippen molar-refractivity contribution in [1.29, 1.82) is 0 Å². The normalized spacial score (nSPS) is 10.8. The number of ether oxygens (including phenoxy) is 2. The van der Waals surface area contributed by atoms with Gasteiger partial charge in [0, 0.05) is 10.9 Å². The quantitative estimate of drug-likeness (QED) is 0.694. The van der Waals surface area contributed by atoms with Gasteiger partial charge in [0.15, 0.2) is 0 Å². The fourth-order valence-corrected chi connectivity index (χ4v) is 2.90. The first-order valence-corrected chi connectivity index (χ1v) is 8.12. The number of aromatic nitrogens is 1. The minimum atomic E-state index is -0.293. The van der Waals surface area contributed by atoms with Crippen molar-refractivity contribution in [3.63, 3.8) is 0 Å². The van der Waals surface area contributed by atoms with Gasteiger partial charge in [-0.05, 0) is 49.1 Å². The van der Waals surface area contributed by atoms with Crippen LogP contribution in [0.4, 0.5) is 0 Å². The number of hydrogen-bond donors (Lipinski definition) is 1. The number of aryl methyl sites for hydroxylation is 2. The molecule has 0 aliphatic carbocycles. The van der Waals surface area contributed by atoms with E-state index in [1.165, 1.54) is 5.56 Å². The number of carbonyl (C=O) groups excluding carboxylic acids is 1. The minimum absolute atomic E-state index is 0.293. The molecule has 3 aromatic rings. The molecule has 1 aromatic heterocycles. The highest BCUT2D eigenvalue weighted by molar-refractivity contribution is 5.98. The number of para-hydroxylation sites is 1. The summed E-state index contributed by atoms with van der Waals surface area (Å²) in [5.74, 6) is 0.552. The van der Waals surface area contributed by atoms with E-state index in [9.17, 15) is 4.79 Å². The number of benzene rings is 2. The molecule has 0 amide bonds. The number of H-pyrrole nitrogens is 1. The third kappa shape index (κ3) is 3.27. The molecule has 0 radical (unpaired) electrons. The lowest BCUT2D eigenvalue weighted by Crippen LogP contribution is -2.08. The lowest BCUT2D eigenvalue weighted by Gasteiger charge is -2.06. The molecule has 1 heterocycles. The van der Waals surface area contributed by atoms with Gasteiger partial charge in [0.1, 0.15) is 11.4 Å². The average molecular weight is 323 g/mol. The number of esters is 1. The van der Waals surface area contributed by atoms with E-state index in [4.69, 9.17) is 9.47 Å². The van der Waals surface area contributed by atoms with Crippen LogP contribution in [0.1, 0.15) is 28.5 Å². The molecule has 24 heavy (non-hydrogen) atoms. The van der Waals surface area contributed by atoms with Crippen LogP contribution in [0.15, 0.2) is 48.5 Å². The molecule has 0 spiro atoms. The number of fused-ring (bicyclic) bond motifs is 1. The predicted molar refractivity (Wildman–Crippen MR) is 94.7 cm³/mol. The number of nitrogens with one attached hydrogen (secondary N) is 1. The van der Waals surface area contributed by atoms with Crippen LogP contribution in [0.5, 0.6) is 5.75 Å². The van der Waals surface area contributed by atoms with E-state index in [0.717, 1.165) is 35.1 Å². The summed E-state index contributed by atoms with van der Waals surface area (Å²) in [6.45, 7) is 2.18. The van der Waals surface area contributed by atoms with E-state index in [-0.39, 0.29) is 5.97 Å². The Bertz CT molecular complexity index is 834. The monoisotopic (exact) mass is 323 g/mol. The van der Waals surface area contributed by atoms with Crippen molar-refractivity contribution in [3.8, 4) is 5.75 Å². The van der Waals surface area contributed by atoms with E-state index in [0.29, 0.717) is 12.3 Å². The molecular formula is C20H21NO3. The van der Waals surface area contributed by atoms with Crippen molar-refractivity contribution < 1.29 is 14.3 Å². The fourth-order valence-electron chi connectivity index (χ4n) is 2.90. The summed E-state index contributed by atoms with van der Waals surface area (Å²) in [7, 11) is 1.66. The van der Waals surface area contributed by atoms with Gasteiger partial charge in [-0.1, -0.05) is 30.3 Å². The van der Waals surface area contributed by atoms with E-state index in [1.807, 2.05) is 43.3 Å². The second-order valence-electron chi connectivity index (χ2n) is 5.59. The van der Waals surface area contributed by atoms with Crippen molar-refractivity contribution in [1.82, 2.24) is 4.98 Å². The smallest absolute Gasteiger partial charge is 0.355 e. The number of aromatic amines is 1. The summed E-state index contributed by atoms with van der Waals surface area (Å²) in [5, 5.41) is 1.08. The number of methoxy groups -OCH3 is 1. The van der Waals surface area contributed by atoms with Crippen molar-refractivity contribution in [2.45, 2.75) is 19.8 Å². The largest absolute Gasteiger partial charge is 0.497 e. The maximum Gasteiger partial charge on any atom is 0.355 e. The summed E-state index contributed by atoms with van der Waals surface area (Å²) in [5.41, 5.74) is 3.74. The third-order valence-electron chi connectivity index (χ3n) is 4.12. The maximum atomic E-state index is 12.3. The molecule has 0 bridgehead atoms. The number of hydrogen-bond acceptors (Lipinski definition) is 3. The van der Waals surface area contributed by atoms with Crippen molar-refractivity contribution in [2.24, 2.45) is 0 Å². The zero-order valence-electron chi connectivity index (χ0n) is 14.0. The molecule has 0 fully saturated rings. The molecule has 0 atom stereocenters. The highest BCUT2D eigenvalue weighted by Crippen LogP contribution is 2.25. The van der Waals surface area contributed by atoms with E-state index in [2.05, 4.69) is 17.1 Å². The lowest BCUT2D eigenvalue weighted by atomic mass is 10.0. The molecule has 0 saturated carbocycles. The Hall–Kier alpha value is -2.75. The minimum Gasteiger partial charge on any atom is -0.497 e. The van der Waals surface area contributed by atoms with Crippen LogP contribution in [0.3, 0.4) is 0 Å². The Morgan fingerprint density at radius 2 is 1.79 bits per heavy atom. The predicted octanol–water partition coefficient (Wildman–Crippen LogP) is 4.14. The van der Waals surface area contributed by atoms with Crippen LogP contribution in [0, 0.1) is 0 Å². The van der Waals surface area contributed by atoms with Gasteiger partial charge in [0.05, 0.1) is 13.7 Å². The molecule has 0 aliphatic rings. The fraction of sp³-hybridized carbons (Fsp3) is 0.250. The Labute approximate surface area is 141 Å². The summed E-state index contributed by atoms with van der Waals surface area (Å²) in [6, 6.07) is 16.0. The molecule has 0 aliphatic heterocycles. The number of rotatable bonds is 6. The molecule has 4 heteroatoms. The second-order valence-corrected chi connectivity index (χ2v) is 5.59. The van der Waals surface area contributed by atoms with Crippen LogP contribution in [0.2, 0.25) is 0 Å². The van der Waals surface area contributed by atoms with Gasteiger partial charge < -0.3 is 14.5 Å². The van der Waals surface area contributed by atoms with Crippen molar-refractivity contribution >= 4 is 16.9 Å². The highest BCUT2D eigenvalue weighted by Gasteiger charge is 2.18. The second kappa shape index (κ2) is 7.21. The molecule has 1 N–H and O–H groups in total. The summed E-state index contributed by atoms with van der Waals surface area (Å²) in [4.78, 5) is 15.5. The molecule has 3 rings (SSSR count). The molecule has 0 saturated heterocycles. The average Bonchev–Trinajstić information content (AvgIpc) is 2.99. The van der Waals surface area contributed by atoms with E-state index in [1.54, 1.807) is 7.11 Å². The Balaban J connectivity index is 1.88. The molecule has 4 nitrogen and oxygen atoms in total. The first-order valence-electron chi connectivity index (χ1n) is 8.12. The van der Waals surface area contributed by atoms with Crippen molar-refractivity contribution in [2.75, 3.05) is 13.7 Å². The van der Waals surface area contributed by atoms with Crippen LogP contribution >= 0.6 is 0 Å². The molecular weight excluding hydrogens is 302 g/mol. The zero-order valence-corrected chi connectivity index (χ0v) is 14.0. The van der Waals surface area contributed by atoms with Crippen LogP contribution in [0.25, 0.3) is 10.9 Å². The maximum absolute atomic E-state index is 12.3. The summed E-state index contributed by atoms with van der Waals surface area (Å²) in [6.07, 6.45) is 1.61. The van der Waals surface area contributed by atoms with Gasteiger partial charge in [0.2, 0.25) is 0 Å². The highest BCUT2D eigenvalue weighted by atomic mass is 16.5. The van der Waals surface area contributed by atoms with Gasteiger partial charge in [-0.25, -0.2) is 4.79 Å². The topological polar surface area (TPSA) is 51.3 Å². The molecule has 2 aromatic carbocycles. The van der Waals surface area contributed by atoms with Gasteiger partial charge in [-0.3, -0.25) is 0 Å². The number of carbonyl (C=O) groups is 1. The molecule has 0 unspecified atom stereocenters. The van der Waals surface area contributed by atoms with Crippen molar-refractivity contribution in [3.05, 3.63) is 65.4 Å². The Kier molecular flexibility index (Phi) is 4.85. The van der Waals surface area contributed by atoms with Crippen LogP contribution in [-0.4, -0.2) is 24.7 Å². The van der Waals surface area contributed by atoms with Gasteiger partial charge >= 0.3 is 5.97 Å². The van der Waals surface area contributed by atoms with Crippen LogP contribution < -0.4 is 4.74 Å². The Morgan fingerprint density at radius 1 is 1.04 bits per heavy atom. The van der Waals surface area contributed by atoms with E-state index >= 15 is 0 Å². The zero-order chi connectivity index (χ0) is 16.9. The summed E-state index contributed by atoms with van der Waals surface area (Å²) >= 11 is 0. The van der Waals surface area contributed by atoms with Gasteiger partial charge in [-0.15, -0.1) is 0 Å². The van der Waals surface area contributed by atoms with Crippen LogP contribution in [-0.2, 0) is 17.6 Å². The van der Waals surface area contributed by atoms with Gasteiger partial charge in [0.25, 0.3) is 0 Å². The lowest BCUT2D eigenvalue weighted by molar-refractivity contribution is 0.0519. The molecule has 124 valence electrons. The SMILES string of the molecule is CCOC(=O)c1[nH]c2ccccc2c1CCc1ccc(OC)cc1. The summed E-state index contributed by atoms with van der Waals surface area (Å²) < 4.78 is 10.4.